The number of hydrogen-bond acceptors (Lipinski definition) is 2. The second-order valence-corrected chi connectivity index (χ2v) is 6.33. The second-order valence-electron chi connectivity index (χ2n) is 5.96. The highest BCUT2D eigenvalue weighted by atomic mass is 32.1. The van der Waals surface area contributed by atoms with Gasteiger partial charge in [0.1, 0.15) is 0 Å². The number of carbonyl (C=O) groups is 1. The number of carbonyl (C=O) groups excluding carboxylic acids is 1. The van der Waals surface area contributed by atoms with E-state index in [2.05, 4.69) is 45.9 Å². The molecule has 0 bridgehead atoms. The van der Waals surface area contributed by atoms with E-state index >= 15 is 0 Å². The van der Waals surface area contributed by atoms with Crippen molar-refractivity contribution in [2.24, 2.45) is 0 Å². The molecule has 1 aliphatic rings. The van der Waals surface area contributed by atoms with Gasteiger partial charge < -0.3 is 4.90 Å². The first-order valence-electron chi connectivity index (χ1n) is 7.05. The molecular weight excluding hydrogens is 268 g/mol. The highest BCUT2D eigenvalue weighted by Gasteiger charge is 2.34. The average Bonchev–Trinajstić information content (AvgIpc) is 2.62. The fourth-order valence-corrected chi connectivity index (χ4v) is 2.87. The van der Waals surface area contributed by atoms with Gasteiger partial charge in [-0.15, -0.1) is 0 Å². The van der Waals surface area contributed by atoms with Crippen molar-refractivity contribution in [2.75, 3.05) is 18.5 Å². The van der Waals surface area contributed by atoms with Crippen LogP contribution in [0, 0.1) is 0 Å². The molecule has 1 aromatic rings. The second kappa shape index (κ2) is 5.52. The predicted molar refractivity (Wildman–Crippen MR) is 87.3 cm³/mol. The number of nitrogens with zero attached hydrogens (tertiary/aromatic N) is 2. The van der Waals surface area contributed by atoms with E-state index in [0.29, 0.717) is 23.5 Å². The molecule has 1 fully saturated rings. The molecule has 1 saturated heterocycles. The minimum Gasteiger partial charge on any atom is -0.342 e. The SMILES string of the molecule is CC(C)c1cccc(C(C)C)c1N1C(=O)CN(C)C1=S. The van der Waals surface area contributed by atoms with Crippen molar-refractivity contribution in [3.8, 4) is 0 Å². The van der Waals surface area contributed by atoms with Crippen LogP contribution < -0.4 is 4.90 Å². The molecule has 1 amide bonds. The Kier molecular flexibility index (Phi) is 4.14. The zero-order chi connectivity index (χ0) is 15.0. The summed E-state index contributed by atoms with van der Waals surface area (Å²) in [6.45, 7) is 8.96. The Bertz CT molecular complexity index is 525. The maximum atomic E-state index is 12.3. The van der Waals surface area contributed by atoms with E-state index in [9.17, 15) is 4.79 Å². The van der Waals surface area contributed by atoms with Crippen molar-refractivity contribution < 1.29 is 4.79 Å². The number of benzene rings is 1. The maximum Gasteiger partial charge on any atom is 0.252 e. The standard InChI is InChI=1S/C16H22N2OS/c1-10(2)12-7-6-8-13(11(3)4)15(12)18-14(19)9-17(5)16(18)20/h6-8,10-11H,9H2,1-5H3. The number of amides is 1. The minimum atomic E-state index is 0.0625. The third kappa shape index (κ3) is 2.44. The molecule has 0 atom stereocenters. The summed E-state index contributed by atoms with van der Waals surface area (Å²) in [7, 11) is 1.87. The summed E-state index contributed by atoms with van der Waals surface area (Å²) >= 11 is 5.45. The lowest BCUT2D eigenvalue weighted by molar-refractivity contribution is -0.116. The normalized spacial score (nSPS) is 15.9. The monoisotopic (exact) mass is 290 g/mol. The summed E-state index contributed by atoms with van der Waals surface area (Å²) in [4.78, 5) is 15.9. The summed E-state index contributed by atoms with van der Waals surface area (Å²) in [5.41, 5.74) is 3.36. The molecule has 20 heavy (non-hydrogen) atoms. The fraction of sp³-hybridized carbons (Fsp3) is 0.500. The van der Waals surface area contributed by atoms with Crippen molar-refractivity contribution >= 4 is 28.9 Å². The van der Waals surface area contributed by atoms with Crippen LogP contribution >= 0.6 is 12.2 Å². The molecule has 1 heterocycles. The van der Waals surface area contributed by atoms with Gasteiger partial charge in [-0.05, 0) is 35.2 Å². The van der Waals surface area contributed by atoms with Gasteiger partial charge in [0, 0.05) is 7.05 Å². The van der Waals surface area contributed by atoms with Gasteiger partial charge in [0.2, 0.25) is 0 Å². The number of rotatable bonds is 3. The van der Waals surface area contributed by atoms with Crippen molar-refractivity contribution in [1.29, 1.82) is 0 Å². The van der Waals surface area contributed by atoms with E-state index in [-0.39, 0.29) is 5.91 Å². The van der Waals surface area contributed by atoms with E-state index in [1.54, 1.807) is 4.90 Å². The van der Waals surface area contributed by atoms with Gasteiger partial charge in [-0.1, -0.05) is 45.9 Å². The van der Waals surface area contributed by atoms with Crippen LogP contribution in [0.5, 0.6) is 0 Å². The maximum absolute atomic E-state index is 12.3. The third-order valence-electron chi connectivity index (χ3n) is 3.71. The summed E-state index contributed by atoms with van der Waals surface area (Å²) < 4.78 is 0. The Hall–Kier alpha value is -1.42. The van der Waals surface area contributed by atoms with Gasteiger partial charge >= 0.3 is 0 Å². The van der Waals surface area contributed by atoms with E-state index < -0.39 is 0 Å². The van der Waals surface area contributed by atoms with Crippen LogP contribution in [0.4, 0.5) is 5.69 Å². The Balaban J connectivity index is 2.65. The molecular formula is C16H22N2OS. The summed E-state index contributed by atoms with van der Waals surface area (Å²) in [6.07, 6.45) is 0. The van der Waals surface area contributed by atoms with Gasteiger partial charge in [-0.2, -0.15) is 0 Å². The molecule has 3 nitrogen and oxygen atoms in total. The molecule has 0 saturated carbocycles. The van der Waals surface area contributed by atoms with E-state index in [1.165, 1.54) is 11.1 Å². The summed E-state index contributed by atoms with van der Waals surface area (Å²) in [5, 5.41) is 0.602. The lowest BCUT2D eigenvalue weighted by Gasteiger charge is -2.26. The lowest BCUT2D eigenvalue weighted by atomic mass is 9.92. The van der Waals surface area contributed by atoms with E-state index in [0.717, 1.165) is 5.69 Å². The highest BCUT2D eigenvalue weighted by Crippen LogP contribution is 2.37. The van der Waals surface area contributed by atoms with Crippen molar-refractivity contribution in [1.82, 2.24) is 4.90 Å². The van der Waals surface area contributed by atoms with E-state index in [4.69, 9.17) is 12.2 Å². The molecule has 1 aliphatic heterocycles. The first-order chi connectivity index (χ1) is 9.34. The number of para-hydroxylation sites is 1. The van der Waals surface area contributed by atoms with Gasteiger partial charge in [0.25, 0.3) is 5.91 Å². The average molecular weight is 290 g/mol. The largest absolute Gasteiger partial charge is 0.342 e. The molecule has 108 valence electrons. The van der Waals surface area contributed by atoms with Crippen LogP contribution in [0.2, 0.25) is 0 Å². The molecule has 0 radical (unpaired) electrons. The Morgan fingerprint density at radius 2 is 1.60 bits per heavy atom. The molecule has 0 aromatic heterocycles. The first kappa shape index (κ1) is 15.0. The van der Waals surface area contributed by atoms with Gasteiger partial charge in [-0.25, -0.2) is 0 Å². The first-order valence-corrected chi connectivity index (χ1v) is 7.46. The molecule has 2 rings (SSSR count). The zero-order valence-corrected chi connectivity index (χ0v) is 13.6. The van der Waals surface area contributed by atoms with Gasteiger partial charge in [0.15, 0.2) is 5.11 Å². The molecule has 0 N–H and O–H groups in total. The predicted octanol–water partition coefficient (Wildman–Crippen LogP) is 3.50. The van der Waals surface area contributed by atoms with Crippen molar-refractivity contribution in [3.63, 3.8) is 0 Å². The fourth-order valence-electron chi connectivity index (χ4n) is 2.61. The van der Waals surface area contributed by atoms with Gasteiger partial charge in [-0.3, -0.25) is 9.69 Å². The lowest BCUT2D eigenvalue weighted by Crippen LogP contribution is -2.33. The van der Waals surface area contributed by atoms with Crippen molar-refractivity contribution in [3.05, 3.63) is 29.3 Å². The smallest absolute Gasteiger partial charge is 0.252 e. The van der Waals surface area contributed by atoms with E-state index in [1.807, 2.05) is 11.9 Å². The van der Waals surface area contributed by atoms with Crippen LogP contribution in [0.1, 0.15) is 50.7 Å². The third-order valence-corrected chi connectivity index (χ3v) is 4.20. The molecule has 0 unspecified atom stereocenters. The van der Waals surface area contributed by atoms with Crippen LogP contribution in [0.25, 0.3) is 0 Å². The quantitative estimate of drug-likeness (QED) is 0.796. The number of thiocarbonyl (C=S) groups is 1. The molecule has 4 heteroatoms. The highest BCUT2D eigenvalue weighted by molar-refractivity contribution is 7.80. The number of likely N-dealkylation sites (N-methyl/N-ethyl adjacent to an activating group) is 1. The summed E-state index contributed by atoms with van der Waals surface area (Å²) in [5.74, 6) is 0.767. The van der Waals surface area contributed by atoms with Crippen molar-refractivity contribution in [2.45, 2.75) is 39.5 Å². The number of anilines is 1. The zero-order valence-electron chi connectivity index (χ0n) is 12.8. The number of hydrogen-bond donors (Lipinski definition) is 0. The van der Waals surface area contributed by atoms with Crippen LogP contribution in [0.3, 0.4) is 0 Å². The topological polar surface area (TPSA) is 23.6 Å². The van der Waals surface area contributed by atoms with Crippen LogP contribution in [-0.4, -0.2) is 29.5 Å². The summed E-state index contributed by atoms with van der Waals surface area (Å²) in [6, 6.07) is 6.27. The van der Waals surface area contributed by atoms with Crippen LogP contribution in [0.15, 0.2) is 18.2 Å². The molecule has 1 aromatic carbocycles. The minimum absolute atomic E-state index is 0.0625. The Morgan fingerprint density at radius 1 is 1.10 bits per heavy atom. The van der Waals surface area contributed by atoms with Crippen LogP contribution in [-0.2, 0) is 4.79 Å². The Labute approximate surface area is 126 Å². The van der Waals surface area contributed by atoms with Gasteiger partial charge in [0.05, 0.1) is 12.2 Å². The Morgan fingerprint density at radius 3 is 1.95 bits per heavy atom. The molecule has 0 aliphatic carbocycles. The molecule has 0 spiro atoms.